The number of H-pyrrole nitrogens is 1. The lowest BCUT2D eigenvalue weighted by Crippen LogP contribution is -2.17. The number of ether oxygens (including phenoxy) is 3. The quantitative estimate of drug-likeness (QED) is 0.182. The van der Waals surface area contributed by atoms with E-state index in [0.717, 1.165) is 11.9 Å². The van der Waals surface area contributed by atoms with Gasteiger partial charge < -0.3 is 19.2 Å². The number of nitrogens with one attached hydrogen (secondary N) is 2. The van der Waals surface area contributed by atoms with Crippen LogP contribution in [0.25, 0.3) is 11.1 Å². The number of aromatic amines is 1. The molecule has 8 heteroatoms. The van der Waals surface area contributed by atoms with Crippen LogP contribution in [-0.4, -0.2) is 31.0 Å². The molecular weight excluding hydrogens is 461 g/mol. The standard InChI is InChI=1S/C28H28FN3O4/c1-4-6-20(14-27(33)35-5-2)19-7-9-23(10-8-19)36-17-22-13-21(16-31-28(22)32-18-30)25-15-24(34-3)11-12-26(25)29/h7-13,15-16,18,20H,5,14,17H2,1-3H3,(H2,30,31,32). The maximum Gasteiger partial charge on any atom is 0.307 e. The number of halogens is 1. The molecule has 7 nitrogen and oxygen atoms in total. The van der Waals surface area contributed by atoms with Crippen LogP contribution in [0.2, 0.25) is 0 Å². The van der Waals surface area contributed by atoms with E-state index < -0.39 is 5.82 Å². The van der Waals surface area contributed by atoms with Crippen molar-refractivity contribution in [2.24, 2.45) is 4.99 Å². The Balaban J connectivity index is 1.82. The van der Waals surface area contributed by atoms with Gasteiger partial charge in [-0.1, -0.05) is 18.1 Å². The summed E-state index contributed by atoms with van der Waals surface area (Å²) in [6.07, 6.45) is 2.72. The number of pyridine rings is 1. The van der Waals surface area contributed by atoms with Crippen LogP contribution in [0.4, 0.5) is 4.39 Å². The SMILES string of the molecule is CC#CC(CC(=O)OCC)c1ccc(OCc2cc(-c3cc(OC)ccc3F)c[nH]/c2=N\C=N)cc1. The second-order valence-corrected chi connectivity index (χ2v) is 7.68. The first-order valence-electron chi connectivity index (χ1n) is 11.4. The predicted molar refractivity (Wildman–Crippen MR) is 135 cm³/mol. The second-order valence-electron chi connectivity index (χ2n) is 7.68. The third-order valence-electron chi connectivity index (χ3n) is 5.35. The minimum Gasteiger partial charge on any atom is -0.497 e. The third-order valence-corrected chi connectivity index (χ3v) is 5.35. The Morgan fingerprint density at radius 2 is 1.94 bits per heavy atom. The summed E-state index contributed by atoms with van der Waals surface area (Å²) in [5, 5.41) is 7.34. The van der Waals surface area contributed by atoms with Gasteiger partial charge in [0.2, 0.25) is 0 Å². The summed E-state index contributed by atoms with van der Waals surface area (Å²) < 4.78 is 30.7. The number of methoxy groups -OCH3 is 1. The molecule has 2 aromatic carbocycles. The number of benzene rings is 2. The molecule has 1 heterocycles. The van der Waals surface area contributed by atoms with E-state index >= 15 is 0 Å². The first-order valence-corrected chi connectivity index (χ1v) is 11.4. The highest BCUT2D eigenvalue weighted by Crippen LogP contribution is 2.27. The molecule has 3 aromatic rings. The molecule has 0 aliphatic heterocycles. The van der Waals surface area contributed by atoms with Crippen LogP contribution in [0, 0.1) is 23.1 Å². The summed E-state index contributed by atoms with van der Waals surface area (Å²) >= 11 is 0. The van der Waals surface area contributed by atoms with Crippen LogP contribution in [-0.2, 0) is 16.1 Å². The Labute approximate surface area is 209 Å². The van der Waals surface area contributed by atoms with Crippen molar-refractivity contribution in [1.82, 2.24) is 4.98 Å². The third kappa shape index (κ3) is 6.83. The number of rotatable bonds is 10. The highest BCUT2D eigenvalue weighted by molar-refractivity contribution is 5.71. The van der Waals surface area contributed by atoms with Gasteiger partial charge in [-0.05, 0) is 55.8 Å². The lowest BCUT2D eigenvalue weighted by atomic mass is 9.96. The second kappa shape index (κ2) is 12.9. The monoisotopic (exact) mass is 489 g/mol. The van der Waals surface area contributed by atoms with Gasteiger partial charge >= 0.3 is 5.97 Å². The van der Waals surface area contributed by atoms with Crippen LogP contribution in [0.3, 0.4) is 0 Å². The Hall–Kier alpha value is -4.38. The zero-order valence-corrected chi connectivity index (χ0v) is 20.4. The fourth-order valence-corrected chi connectivity index (χ4v) is 3.61. The number of hydrogen-bond donors (Lipinski definition) is 2. The number of aromatic nitrogens is 1. The average Bonchev–Trinajstić information content (AvgIpc) is 2.89. The molecule has 2 N–H and O–H groups in total. The van der Waals surface area contributed by atoms with Crippen LogP contribution in [0.15, 0.2) is 59.7 Å². The Morgan fingerprint density at radius 3 is 2.61 bits per heavy atom. The molecule has 0 amide bonds. The van der Waals surface area contributed by atoms with Gasteiger partial charge in [-0.2, -0.15) is 0 Å². The molecule has 0 spiro atoms. The van der Waals surface area contributed by atoms with E-state index in [1.165, 1.54) is 13.2 Å². The van der Waals surface area contributed by atoms with E-state index in [4.69, 9.17) is 19.6 Å². The molecule has 1 atom stereocenters. The van der Waals surface area contributed by atoms with Crippen molar-refractivity contribution in [1.29, 1.82) is 5.41 Å². The lowest BCUT2D eigenvalue weighted by Gasteiger charge is -2.13. The summed E-state index contributed by atoms with van der Waals surface area (Å²) in [6, 6.07) is 13.6. The molecule has 186 valence electrons. The van der Waals surface area contributed by atoms with Crippen LogP contribution < -0.4 is 15.0 Å². The summed E-state index contributed by atoms with van der Waals surface area (Å²) in [6.45, 7) is 3.96. The zero-order chi connectivity index (χ0) is 25.9. The normalized spacial score (nSPS) is 11.7. The Kier molecular flexibility index (Phi) is 9.40. The Bertz CT molecular complexity index is 1340. The van der Waals surface area contributed by atoms with Crippen molar-refractivity contribution in [3.8, 4) is 34.5 Å². The van der Waals surface area contributed by atoms with Gasteiger partial charge in [0.25, 0.3) is 0 Å². The Morgan fingerprint density at radius 1 is 1.19 bits per heavy atom. The molecule has 0 saturated heterocycles. The van der Waals surface area contributed by atoms with Crippen molar-refractivity contribution in [2.45, 2.75) is 32.8 Å². The summed E-state index contributed by atoms with van der Waals surface area (Å²) in [7, 11) is 1.52. The van der Waals surface area contributed by atoms with Gasteiger partial charge in [-0.15, -0.1) is 5.92 Å². The van der Waals surface area contributed by atoms with Crippen molar-refractivity contribution < 1.29 is 23.4 Å². The summed E-state index contributed by atoms with van der Waals surface area (Å²) in [4.78, 5) is 19.0. The average molecular weight is 490 g/mol. The van der Waals surface area contributed by atoms with Gasteiger partial charge in [0, 0.05) is 22.9 Å². The van der Waals surface area contributed by atoms with Crippen LogP contribution >= 0.6 is 0 Å². The van der Waals surface area contributed by atoms with E-state index in [1.807, 2.05) is 12.1 Å². The number of carbonyl (C=O) groups is 1. The van der Waals surface area contributed by atoms with Crippen molar-refractivity contribution in [3.05, 3.63) is 77.2 Å². The summed E-state index contributed by atoms with van der Waals surface area (Å²) in [5.41, 5.74) is 2.90. The number of esters is 1. The van der Waals surface area contributed by atoms with Gasteiger partial charge in [0.1, 0.15) is 35.7 Å². The predicted octanol–water partition coefficient (Wildman–Crippen LogP) is 4.98. The molecule has 0 bridgehead atoms. The highest BCUT2D eigenvalue weighted by Gasteiger charge is 2.15. The van der Waals surface area contributed by atoms with Crippen LogP contribution in [0.1, 0.15) is 37.3 Å². The van der Waals surface area contributed by atoms with E-state index in [9.17, 15) is 9.18 Å². The van der Waals surface area contributed by atoms with E-state index in [-0.39, 0.29) is 24.9 Å². The maximum absolute atomic E-state index is 14.5. The topological polar surface area (TPSA) is 96.8 Å². The number of nitrogens with zero attached hydrogens (tertiary/aromatic N) is 1. The first-order chi connectivity index (χ1) is 17.5. The molecular formula is C28H28FN3O4. The van der Waals surface area contributed by atoms with Crippen molar-refractivity contribution in [2.75, 3.05) is 13.7 Å². The fourth-order valence-electron chi connectivity index (χ4n) is 3.61. The highest BCUT2D eigenvalue weighted by atomic mass is 19.1. The lowest BCUT2D eigenvalue weighted by molar-refractivity contribution is -0.143. The molecule has 0 aliphatic carbocycles. The van der Waals surface area contributed by atoms with E-state index in [0.29, 0.717) is 40.3 Å². The molecule has 0 radical (unpaired) electrons. The number of hydrogen-bond acceptors (Lipinski definition) is 5. The van der Waals surface area contributed by atoms with Gasteiger partial charge in [-0.25, -0.2) is 9.38 Å². The van der Waals surface area contributed by atoms with Gasteiger partial charge in [-0.3, -0.25) is 10.2 Å². The molecule has 0 saturated carbocycles. The first kappa shape index (κ1) is 26.2. The maximum atomic E-state index is 14.5. The molecule has 0 aliphatic rings. The van der Waals surface area contributed by atoms with Gasteiger partial charge in [0.15, 0.2) is 0 Å². The summed E-state index contributed by atoms with van der Waals surface area (Å²) in [5.74, 6) is 6.09. The fraction of sp³-hybridized carbons (Fsp3) is 0.250. The van der Waals surface area contributed by atoms with Crippen molar-refractivity contribution >= 4 is 12.3 Å². The molecule has 1 aromatic heterocycles. The minimum absolute atomic E-state index is 0.128. The molecule has 1 unspecified atom stereocenters. The van der Waals surface area contributed by atoms with Crippen molar-refractivity contribution in [3.63, 3.8) is 0 Å². The van der Waals surface area contributed by atoms with Gasteiger partial charge in [0.05, 0.1) is 26.1 Å². The molecule has 0 fully saturated rings. The van der Waals surface area contributed by atoms with E-state index in [2.05, 4.69) is 21.8 Å². The molecule has 3 rings (SSSR count). The largest absolute Gasteiger partial charge is 0.497 e. The smallest absolute Gasteiger partial charge is 0.307 e. The van der Waals surface area contributed by atoms with E-state index in [1.54, 1.807) is 50.4 Å². The van der Waals surface area contributed by atoms with Crippen LogP contribution in [0.5, 0.6) is 11.5 Å². The minimum atomic E-state index is -0.393. The number of carbonyl (C=O) groups excluding carboxylic acids is 1. The zero-order valence-electron chi connectivity index (χ0n) is 20.4. The molecule has 36 heavy (non-hydrogen) atoms.